The van der Waals surface area contributed by atoms with Crippen molar-refractivity contribution in [3.05, 3.63) is 58.7 Å². The van der Waals surface area contributed by atoms with Crippen molar-refractivity contribution in [1.82, 2.24) is 21.7 Å². The van der Waals surface area contributed by atoms with Crippen molar-refractivity contribution in [2.75, 3.05) is 0 Å². The third-order valence-electron chi connectivity index (χ3n) is 8.10. The smallest absolute Gasteiger partial charge is 0.273 e. The summed E-state index contributed by atoms with van der Waals surface area (Å²) in [6.45, 7) is 6.32. The summed E-state index contributed by atoms with van der Waals surface area (Å²) in [7, 11) is 0. The summed E-state index contributed by atoms with van der Waals surface area (Å²) in [5.74, 6) is -2.49. The van der Waals surface area contributed by atoms with Crippen molar-refractivity contribution in [2.45, 2.75) is 124 Å². The van der Waals surface area contributed by atoms with Gasteiger partial charge in [0.1, 0.15) is 11.5 Å². The average Bonchev–Trinajstić information content (AvgIpc) is 3.05. The Hall–Kier alpha value is -4.08. The Morgan fingerprint density at radius 3 is 1.54 bits per heavy atom. The van der Waals surface area contributed by atoms with Crippen LogP contribution in [0.25, 0.3) is 0 Å². The van der Waals surface area contributed by atoms with E-state index < -0.39 is 11.8 Å². The lowest BCUT2D eigenvalue weighted by Gasteiger charge is -2.17. The van der Waals surface area contributed by atoms with Crippen molar-refractivity contribution in [3.63, 3.8) is 0 Å². The van der Waals surface area contributed by atoms with Gasteiger partial charge in [0.05, 0.1) is 11.1 Å². The zero-order valence-corrected chi connectivity index (χ0v) is 27.9. The van der Waals surface area contributed by atoms with E-state index in [4.69, 9.17) is 0 Å². The summed E-state index contributed by atoms with van der Waals surface area (Å²) in [5.41, 5.74) is 11.9. The third-order valence-corrected chi connectivity index (χ3v) is 8.10. The molecule has 0 fully saturated rings. The Labute approximate surface area is 274 Å². The molecule has 0 radical (unpaired) electrons. The van der Waals surface area contributed by atoms with E-state index in [1.807, 2.05) is 0 Å². The van der Waals surface area contributed by atoms with Crippen LogP contribution in [-0.2, 0) is 22.4 Å². The van der Waals surface area contributed by atoms with Crippen LogP contribution in [-0.4, -0.2) is 33.8 Å². The summed E-state index contributed by atoms with van der Waals surface area (Å²) in [6, 6.07) is 9.90. The van der Waals surface area contributed by atoms with Crippen molar-refractivity contribution in [1.29, 1.82) is 0 Å². The molecule has 0 saturated carbocycles. The Balaban J connectivity index is 1.82. The van der Waals surface area contributed by atoms with Gasteiger partial charge in [0.15, 0.2) is 0 Å². The molecule has 1 unspecified atom stereocenters. The Morgan fingerprint density at radius 2 is 1.04 bits per heavy atom. The molecule has 46 heavy (non-hydrogen) atoms. The summed E-state index contributed by atoms with van der Waals surface area (Å²) < 4.78 is 0. The minimum absolute atomic E-state index is 0.109. The van der Waals surface area contributed by atoms with Gasteiger partial charge in [-0.05, 0) is 80.3 Å². The number of carbonyl (C=O) groups excluding carboxylic acids is 4. The van der Waals surface area contributed by atoms with Gasteiger partial charge in [-0.3, -0.25) is 40.9 Å². The number of phenols is 2. The summed E-state index contributed by atoms with van der Waals surface area (Å²) in [5, 5.41) is 20.4. The first-order valence-corrected chi connectivity index (χ1v) is 17.0. The van der Waals surface area contributed by atoms with Crippen LogP contribution in [0.3, 0.4) is 0 Å². The topological polar surface area (TPSA) is 157 Å². The van der Waals surface area contributed by atoms with Crippen molar-refractivity contribution in [3.8, 4) is 11.5 Å². The summed E-state index contributed by atoms with van der Waals surface area (Å²) >= 11 is 0. The normalized spacial score (nSPS) is 11.5. The Kier molecular flexibility index (Phi) is 17.9. The van der Waals surface area contributed by atoms with E-state index in [1.165, 1.54) is 12.1 Å². The van der Waals surface area contributed by atoms with E-state index in [0.29, 0.717) is 25.7 Å². The number of aryl methyl sites for hydroxylation is 2. The van der Waals surface area contributed by atoms with Crippen LogP contribution in [0.15, 0.2) is 36.4 Å². The number of unbranched alkanes of at least 4 members (excludes halogenated alkanes) is 7. The van der Waals surface area contributed by atoms with E-state index >= 15 is 0 Å². The predicted molar refractivity (Wildman–Crippen MR) is 180 cm³/mol. The van der Waals surface area contributed by atoms with Crippen molar-refractivity contribution >= 4 is 23.6 Å². The molecule has 4 amide bonds. The first-order chi connectivity index (χ1) is 22.2. The van der Waals surface area contributed by atoms with E-state index in [-0.39, 0.29) is 46.8 Å². The lowest BCUT2D eigenvalue weighted by atomic mass is 9.94. The maximum Gasteiger partial charge on any atom is 0.273 e. The number of phenolic OH excluding ortho intramolecular Hbond substituents is 2. The highest BCUT2D eigenvalue weighted by atomic mass is 16.3. The minimum Gasteiger partial charge on any atom is -0.507 e. The highest BCUT2D eigenvalue weighted by Gasteiger charge is 2.20. The number of hydrazine groups is 2. The van der Waals surface area contributed by atoms with Gasteiger partial charge in [-0.25, -0.2) is 0 Å². The van der Waals surface area contributed by atoms with Gasteiger partial charge in [0.25, 0.3) is 11.8 Å². The van der Waals surface area contributed by atoms with Crippen LogP contribution >= 0.6 is 0 Å². The molecular weight excluding hydrogens is 584 g/mol. The second-order valence-corrected chi connectivity index (χ2v) is 12.0. The predicted octanol–water partition coefficient (Wildman–Crippen LogP) is 6.54. The highest BCUT2D eigenvalue weighted by Crippen LogP contribution is 2.22. The fourth-order valence-electron chi connectivity index (χ4n) is 5.27. The molecule has 6 N–H and O–H groups in total. The number of carbonyl (C=O) groups is 4. The number of benzene rings is 2. The van der Waals surface area contributed by atoms with E-state index in [2.05, 4.69) is 42.5 Å². The fraction of sp³-hybridized carbons (Fsp3) is 0.556. The summed E-state index contributed by atoms with van der Waals surface area (Å²) in [4.78, 5) is 50.8. The van der Waals surface area contributed by atoms with Gasteiger partial charge in [0.2, 0.25) is 11.8 Å². The highest BCUT2D eigenvalue weighted by molar-refractivity contribution is 5.98. The second-order valence-electron chi connectivity index (χ2n) is 12.0. The standard InChI is InChI=1S/C36H54N4O6/c1-4-7-10-15-26-20-22-31(41)29(24-26)35(45)39-37-33(43)19-14-13-18-28(17-12-9-6-3)34(44)38-40-36(46)30-25-27(16-11-8-5-2)21-23-32(30)42/h20-25,28,41-42H,4-19H2,1-3H3,(H,37,43)(H,38,44)(H,39,45)(H,40,46). The van der Waals surface area contributed by atoms with Gasteiger partial charge >= 0.3 is 0 Å². The molecule has 0 aliphatic carbocycles. The Morgan fingerprint density at radius 1 is 0.587 bits per heavy atom. The largest absolute Gasteiger partial charge is 0.507 e. The van der Waals surface area contributed by atoms with E-state index in [0.717, 1.165) is 81.8 Å². The van der Waals surface area contributed by atoms with Crippen molar-refractivity contribution in [2.24, 2.45) is 5.92 Å². The number of amides is 4. The maximum absolute atomic E-state index is 13.0. The maximum atomic E-state index is 13.0. The first-order valence-electron chi connectivity index (χ1n) is 17.0. The molecule has 1 atom stereocenters. The third kappa shape index (κ3) is 13.9. The van der Waals surface area contributed by atoms with Gasteiger partial charge in [0, 0.05) is 12.3 Å². The molecule has 0 bridgehead atoms. The number of aromatic hydroxyl groups is 2. The Bertz CT molecular complexity index is 1270. The zero-order chi connectivity index (χ0) is 33.7. The molecule has 0 aliphatic heterocycles. The zero-order valence-electron chi connectivity index (χ0n) is 27.9. The molecule has 10 nitrogen and oxygen atoms in total. The van der Waals surface area contributed by atoms with Gasteiger partial charge < -0.3 is 10.2 Å². The van der Waals surface area contributed by atoms with Gasteiger partial charge in [-0.15, -0.1) is 0 Å². The van der Waals surface area contributed by atoms with Crippen LogP contribution in [0.2, 0.25) is 0 Å². The SMILES string of the molecule is CCCCCc1ccc(O)c(C(=O)NNC(=O)CCCCC(CCCCC)C(=O)NNC(=O)c2cc(CCCCC)ccc2O)c1. The molecule has 2 aromatic rings. The molecule has 0 saturated heterocycles. The molecule has 2 aromatic carbocycles. The number of hydrogen-bond donors (Lipinski definition) is 6. The molecule has 10 heteroatoms. The first kappa shape index (κ1) is 38.1. The van der Waals surface area contributed by atoms with E-state index in [1.54, 1.807) is 24.3 Å². The van der Waals surface area contributed by atoms with Crippen LogP contribution in [0.5, 0.6) is 11.5 Å². The van der Waals surface area contributed by atoms with Crippen LogP contribution in [0.1, 0.15) is 143 Å². The lowest BCUT2D eigenvalue weighted by Crippen LogP contribution is -2.44. The van der Waals surface area contributed by atoms with Crippen LogP contribution in [0.4, 0.5) is 0 Å². The monoisotopic (exact) mass is 638 g/mol. The number of nitrogens with one attached hydrogen (secondary N) is 4. The molecule has 0 spiro atoms. The minimum atomic E-state index is -0.588. The molecule has 0 aromatic heterocycles. The van der Waals surface area contributed by atoms with Crippen LogP contribution < -0.4 is 21.7 Å². The number of hydrogen-bond acceptors (Lipinski definition) is 6. The molecule has 254 valence electrons. The average molecular weight is 639 g/mol. The molecular formula is C36H54N4O6. The molecule has 2 rings (SSSR count). The van der Waals surface area contributed by atoms with Crippen molar-refractivity contribution < 1.29 is 29.4 Å². The van der Waals surface area contributed by atoms with Crippen LogP contribution in [0, 0.1) is 5.92 Å². The fourth-order valence-corrected chi connectivity index (χ4v) is 5.27. The van der Waals surface area contributed by atoms with E-state index in [9.17, 15) is 29.4 Å². The molecule has 0 aliphatic rings. The quantitative estimate of drug-likeness (QED) is 0.0714. The van der Waals surface area contributed by atoms with Gasteiger partial charge in [-0.2, -0.15) is 0 Å². The molecule has 0 heterocycles. The second kappa shape index (κ2) is 21.6. The lowest BCUT2D eigenvalue weighted by molar-refractivity contribution is -0.126. The summed E-state index contributed by atoms with van der Waals surface area (Å²) in [6.07, 6.45) is 13.2. The van der Waals surface area contributed by atoms with Gasteiger partial charge in [-0.1, -0.05) is 84.3 Å². The number of rotatable bonds is 20.